The van der Waals surface area contributed by atoms with Gasteiger partial charge in [0, 0.05) is 6.20 Å². The van der Waals surface area contributed by atoms with Crippen LogP contribution in [-0.2, 0) is 15.6 Å². The standard InChI is InChI=1S/C13H10ClN3O2S/c14-11-2-1-3-12(16)13(11)20(18,19)8-9-4-5-17-10(6-9)7-15/h1-6H,8,16H2. The molecule has 0 bridgehead atoms. The van der Waals surface area contributed by atoms with Gasteiger partial charge in [0.05, 0.1) is 16.5 Å². The first-order valence-electron chi connectivity index (χ1n) is 5.56. The third-order valence-corrected chi connectivity index (χ3v) is 4.82. The summed E-state index contributed by atoms with van der Waals surface area (Å²) in [6.45, 7) is 0. The molecule has 0 aliphatic carbocycles. The van der Waals surface area contributed by atoms with Crippen molar-refractivity contribution in [3.8, 4) is 6.07 Å². The van der Waals surface area contributed by atoms with E-state index in [9.17, 15) is 8.42 Å². The van der Waals surface area contributed by atoms with Crippen LogP contribution in [0.3, 0.4) is 0 Å². The van der Waals surface area contributed by atoms with Crippen LogP contribution in [0.1, 0.15) is 11.3 Å². The Morgan fingerprint density at radius 3 is 2.75 bits per heavy atom. The summed E-state index contributed by atoms with van der Waals surface area (Å²) in [7, 11) is -3.69. The van der Waals surface area contributed by atoms with Crippen LogP contribution in [-0.4, -0.2) is 13.4 Å². The molecule has 0 aliphatic rings. The Labute approximate surface area is 121 Å². The van der Waals surface area contributed by atoms with Crippen LogP contribution in [0.25, 0.3) is 0 Å². The van der Waals surface area contributed by atoms with Crippen molar-refractivity contribution in [2.45, 2.75) is 10.6 Å². The van der Waals surface area contributed by atoms with Gasteiger partial charge in [-0.1, -0.05) is 17.7 Å². The van der Waals surface area contributed by atoms with Gasteiger partial charge >= 0.3 is 0 Å². The van der Waals surface area contributed by atoms with E-state index in [-0.39, 0.29) is 27.1 Å². The molecule has 0 spiro atoms. The van der Waals surface area contributed by atoms with Gasteiger partial charge in [-0.15, -0.1) is 0 Å². The maximum atomic E-state index is 12.4. The quantitative estimate of drug-likeness (QED) is 0.876. The Hall–Kier alpha value is -2.10. The molecule has 0 fully saturated rings. The molecule has 0 aliphatic heterocycles. The molecule has 0 atom stereocenters. The van der Waals surface area contributed by atoms with E-state index in [0.29, 0.717) is 5.56 Å². The molecule has 2 rings (SSSR count). The van der Waals surface area contributed by atoms with Crippen LogP contribution in [0.5, 0.6) is 0 Å². The molecule has 2 aromatic rings. The first kappa shape index (κ1) is 14.3. The predicted molar refractivity (Wildman–Crippen MR) is 75.7 cm³/mol. The highest BCUT2D eigenvalue weighted by molar-refractivity contribution is 7.91. The van der Waals surface area contributed by atoms with Gasteiger partial charge in [0.25, 0.3) is 0 Å². The average molecular weight is 308 g/mol. The summed E-state index contributed by atoms with van der Waals surface area (Å²) in [5.74, 6) is -0.294. The minimum Gasteiger partial charge on any atom is -0.398 e. The fourth-order valence-electron chi connectivity index (χ4n) is 1.77. The van der Waals surface area contributed by atoms with Crippen molar-refractivity contribution in [2.75, 3.05) is 5.73 Å². The lowest BCUT2D eigenvalue weighted by atomic mass is 10.2. The third kappa shape index (κ3) is 2.90. The number of nitrogen functional groups attached to an aromatic ring is 1. The lowest BCUT2D eigenvalue weighted by molar-refractivity contribution is 0.595. The van der Waals surface area contributed by atoms with Crippen molar-refractivity contribution >= 4 is 27.1 Å². The van der Waals surface area contributed by atoms with Gasteiger partial charge in [-0.05, 0) is 29.8 Å². The number of pyridine rings is 1. The summed E-state index contributed by atoms with van der Waals surface area (Å²) in [6, 6.07) is 9.34. The minimum absolute atomic E-state index is 0.0829. The third-order valence-electron chi connectivity index (χ3n) is 2.60. The Morgan fingerprint density at radius 1 is 1.35 bits per heavy atom. The van der Waals surface area contributed by atoms with Crippen LogP contribution in [0.15, 0.2) is 41.4 Å². The van der Waals surface area contributed by atoms with Crippen molar-refractivity contribution in [3.05, 3.63) is 52.8 Å². The number of nitrogens with zero attached hydrogens (tertiary/aromatic N) is 2. The minimum atomic E-state index is -3.69. The van der Waals surface area contributed by atoms with E-state index < -0.39 is 9.84 Å². The average Bonchev–Trinajstić information content (AvgIpc) is 2.37. The fourth-order valence-corrected chi connectivity index (χ4v) is 3.86. The van der Waals surface area contributed by atoms with Crippen LogP contribution in [0.4, 0.5) is 5.69 Å². The van der Waals surface area contributed by atoms with Crippen molar-refractivity contribution in [2.24, 2.45) is 0 Å². The molecule has 1 heterocycles. The second kappa shape index (κ2) is 5.49. The summed E-state index contributed by atoms with van der Waals surface area (Å²) in [5, 5.41) is 8.85. The molecule has 1 aromatic carbocycles. The number of sulfone groups is 1. The normalized spacial score (nSPS) is 11.0. The zero-order valence-corrected chi connectivity index (χ0v) is 11.8. The second-order valence-corrected chi connectivity index (χ2v) is 6.41. The van der Waals surface area contributed by atoms with Gasteiger partial charge in [-0.2, -0.15) is 5.26 Å². The molecule has 2 N–H and O–H groups in total. The lowest BCUT2D eigenvalue weighted by Crippen LogP contribution is -2.09. The van der Waals surface area contributed by atoms with Gasteiger partial charge in [-0.25, -0.2) is 13.4 Å². The topological polar surface area (TPSA) is 96.8 Å². The molecule has 0 saturated carbocycles. The first-order valence-corrected chi connectivity index (χ1v) is 7.59. The molecule has 102 valence electrons. The molecule has 0 saturated heterocycles. The molecule has 0 radical (unpaired) electrons. The number of nitriles is 1. The summed E-state index contributed by atoms with van der Waals surface area (Å²) in [5.41, 5.74) is 6.40. The Kier molecular flexibility index (Phi) is 3.93. The van der Waals surface area contributed by atoms with E-state index in [0.717, 1.165) is 0 Å². The van der Waals surface area contributed by atoms with Gasteiger partial charge in [0.1, 0.15) is 16.7 Å². The smallest absolute Gasteiger partial charge is 0.186 e. The van der Waals surface area contributed by atoms with E-state index in [1.807, 2.05) is 6.07 Å². The zero-order chi connectivity index (χ0) is 14.8. The highest BCUT2D eigenvalue weighted by Gasteiger charge is 2.21. The van der Waals surface area contributed by atoms with Crippen molar-refractivity contribution in [1.82, 2.24) is 4.98 Å². The van der Waals surface area contributed by atoms with E-state index in [4.69, 9.17) is 22.6 Å². The number of hydrogen-bond acceptors (Lipinski definition) is 5. The van der Waals surface area contributed by atoms with E-state index in [1.165, 1.54) is 30.5 Å². The lowest BCUT2D eigenvalue weighted by Gasteiger charge is -2.09. The maximum Gasteiger partial charge on any atom is 0.186 e. The molecular weight excluding hydrogens is 298 g/mol. The van der Waals surface area contributed by atoms with E-state index >= 15 is 0 Å². The summed E-state index contributed by atoms with van der Waals surface area (Å²) in [4.78, 5) is 3.70. The Balaban J connectivity index is 2.44. The number of nitrogens with two attached hydrogens (primary N) is 1. The molecule has 5 nitrogen and oxygen atoms in total. The number of aromatic nitrogens is 1. The van der Waals surface area contributed by atoms with Gasteiger partial charge in [0.2, 0.25) is 0 Å². The number of rotatable bonds is 3. The van der Waals surface area contributed by atoms with Crippen molar-refractivity contribution in [3.63, 3.8) is 0 Å². The number of benzene rings is 1. The van der Waals surface area contributed by atoms with E-state index in [2.05, 4.69) is 4.98 Å². The van der Waals surface area contributed by atoms with Crippen molar-refractivity contribution in [1.29, 1.82) is 5.26 Å². The monoisotopic (exact) mass is 307 g/mol. The molecule has 0 amide bonds. The first-order chi connectivity index (χ1) is 9.44. The number of hydrogen-bond donors (Lipinski definition) is 1. The maximum absolute atomic E-state index is 12.4. The second-order valence-electron chi connectivity index (χ2n) is 4.08. The SMILES string of the molecule is N#Cc1cc(CS(=O)(=O)c2c(N)cccc2Cl)ccn1. The van der Waals surface area contributed by atoms with Crippen molar-refractivity contribution < 1.29 is 8.42 Å². The summed E-state index contributed by atoms with van der Waals surface area (Å²) < 4.78 is 24.8. The van der Waals surface area contributed by atoms with Crippen LogP contribution in [0.2, 0.25) is 5.02 Å². The van der Waals surface area contributed by atoms with Gasteiger partial charge in [-0.3, -0.25) is 0 Å². The molecule has 7 heteroatoms. The highest BCUT2D eigenvalue weighted by Crippen LogP contribution is 2.29. The van der Waals surface area contributed by atoms with Crippen LogP contribution < -0.4 is 5.73 Å². The Morgan fingerprint density at radius 2 is 2.10 bits per heavy atom. The molecule has 1 aromatic heterocycles. The Bertz CT molecular complexity index is 777. The van der Waals surface area contributed by atoms with Crippen LogP contribution >= 0.6 is 11.6 Å². The van der Waals surface area contributed by atoms with Gasteiger partial charge in [0.15, 0.2) is 9.84 Å². The van der Waals surface area contributed by atoms with Gasteiger partial charge < -0.3 is 5.73 Å². The number of halogens is 1. The zero-order valence-electron chi connectivity index (χ0n) is 10.2. The fraction of sp³-hybridized carbons (Fsp3) is 0.0769. The molecule has 20 heavy (non-hydrogen) atoms. The summed E-state index contributed by atoms with van der Waals surface area (Å²) in [6.07, 6.45) is 1.39. The number of anilines is 1. The molecular formula is C13H10ClN3O2S. The highest BCUT2D eigenvalue weighted by atomic mass is 35.5. The largest absolute Gasteiger partial charge is 0.398 e. The van der Waals surface area contributed by atoms with Crippen LogP contribution in [0, 0.1) is 11.3 Å². The summed E-state index contributed by atoms with van der Waals surface area (Å²) >= 11 is 5.91. The predicted octanol–water partition coefficient (Wildman–Crippen LogP) is 2.16. The molecule has 0 unspecified atom stereocenters. The van der Waals surface area contributed by atoms with E-state index in [1.54, 1.807) is 6.07 Å².